The first-order valence-corrected chi connectivity index (χ1v) is 6.69. The second-order valence-corrected chi connectivity index (χ2v) is 5.15. The van der Waals surface area contributed by atoms with Crippen LogP contribution in [0.1, 0.15) is 23.9 Å². The SMILES string of the molecule is Cc1ocnc1CN1CC(C)NCc2ccccc21. The van der Waals surface area contributed by atoms with Crippen molar-refractivity contribution < 1.29 is 4.42 Å². The first-order valence-electron chi connectivity index (χ1n) is 6.69. The molecule has 4 heteroatoms. The predicted octanol–water partition coefficient (Wildman–Crippen LogP) is 2.48. The highest BCUT2D eigenvalue weighted by Crippen LogP contribution is 2.25. The van der Waals surface area contributed by atoms with E-state index in [0.717, 1.165) is 31.1 Å². The number of nitrogens with one attached hydrogen (secondary N) is 1. The Morgan fingerprint density at radius 1 is 1.42 bits per heavy atom. The van der Waals surface area contributed by atoms with Gasteiger partial charge in [0, 0.05) is 24.8 Å². The van der Waals surface area contributed by atoms with Crippen LogP contribution in [0.15, 0.2) is 35.1 Å². The number of benzene rings is 1. The minimum absolute atomic E-state index is 0.458. The highest BCUT2D eigenvalue weighted by molar-refractivity contribution is 5.54. The van der Waals surface area contributed by atoms with Crippen LogP contribution in [0.3, 0.4) is 0 Å². The molecular formula is C15H19N3O. The molecule has 2 heterocycles. The Bertz CT molecular complexity index is 564. The van der Waals surface area contributed by atoms with E-state index in [0.29, 0.717) is 6.04 Å². The molecule has 0 aliphatic carbocycles. The van der Waals surface area contributed by atoms with Crippen LogP contribution in [0.2, 0.25) is 0 Å². The maximum absolute atomic E-state index is 5.30. The number of nitrogens with zero attached hydrogens (tertiary/aromatic N) is 2. The lowest BCUT2D eigenvalue weighted by molar-refractivity contribution is 0.521. The van der Waals surface area contributed by atoms with Gasteiger partial charge in [-0.25, -0.2) is 4.98 Å². The van der Waals surface area contributed by atoms with Gasteiger partial charge >= 0.3 is 0 Å². The number of para-hydroxylation sites is 1. The molecule has 0 spiro atoms. The molecule has 0 bridgehead atoms. The summed E-state index contributed by atoms with van der Waals surface area (Å²) in [4.78, 5) is 6.69. The molecule has 0 radical (unpaired) electrons. The Hall–Kier alpha value is -1.81. The smallest absolute Gasteiger partial charge is 0.181 e. The molecule has 4 nitrogen and oxygen atoms in total. The second kappa shape index (κ2) is 5.05. The summed E-state index contributed by atoms with van der Waals surface area (Å²) in [5, 5.41) is 3.54. The summed E-state index contributed by atoms with van der Waals surface area (Å²) in [5.41, 5.74) is 3.65. The van der Waals surface area contributed by atoms with E-state index < -0.39 is 0 Å². The zero-order chi connectivity index (χ0) is 13.2. The number of aryl methyl sites for hydroxylation is 1. The van der Waals surface area contributed by atoms with Crippen molar-refractivity contribution in [2.45, 2.75) is 33.0 Å². The molecule has 1 aliphatic rings. The van der Waals surface area contributed by atoms with Crippen molar-refractivity contribution in [2.75, 3.05) is 11.4 Å². The van der Waals surface area contributed by atoms with Crippen molar-refractivity contribution in [1.82, 2.24) is 10.3 Å². The van der Waals surface area contributed by atoms with Gasteiger partial charge in [-0.05, 0) is 25.5 Å². The van der Waals surface area contributed by atoms with Crippen molar-refractivity contribution in [3.63, 3.8) is 0 Å². The molecule has 100 valence electrons. The molecule has 1 unspecified atom stereocenters. The first kappa shape index (κ1) is 12.2. The molecule has 1 aromatic carbocycles. The predicted molar refractivity (Wildman–Crippen MR) is 75.0 cm³/mol. The average Bonchev–Trinajstić information content (AvgIpc) is 2.73. The van der Waals surface area contributed by atoms with Crippen molar-refractivity contribution in [2.24, 2.45) is 0 Å². The monoisotopic (exact) mass is 257 g/mol. The van der Waals surface area contributed by atoms with Crippen LogP contribution < -0.4 is 10.2 Å². The van der Waals surface area contributed by atoms with Gasteiger partial charge in [-0.1, -0.05) is 18.2 Å². The molecule has 3 rings (SSSR count). The van der Waals surface area contributed by atoms with Crippen LogP contribution in [0.5, 0.6) is 0 Å². The number of hydrogen-bond donors (Lipinski definition) is 1. The lowest BCUT2D eigenvalue weighted by Gasteiger charge is -2.25. The summed E-state index contributed by atoms with van der Waals surface area (Å²) in [6.07, 6.45) is 1.52. The van der Waals surface area contributed by atoms with Crippen molar-refractivity contribution in [3.05, 3.63) is 47.7 Å². The number of hydrogen-bond acceptors (Lipinski definition) is 4. The Morgan fingerprint density at radius 2 is 2.26 bits per heavy atom. The third-order valence-corrected chi connectivity index (χ3v) is 3.65. The van der Waals surface area contributed by atoms with E-state index >= 15 is 0 Å². The number of rotatable bonds is 2. The molecular weight excluding hydrogens is 238 g/mol. The fraction of sp³-hybridized carbons (Fsp3) is 0.400. The third-order valence-electron chi connectivity index (χ3n) is 3.65. The lowest BCUT2D eigenvalue weighted by atomic mass is 10.1. The van der Waals surface area contributed by atoms with E-state index in [1.54, 1.807) is 0 Å². The van der Waals surface area contributed by atoms with Gasteiger partial charge in [0.05, 0.1) is 6.54 Å². The normalized spacial score (nSPS) is 19.1. The van der Waals surface area contributed by atoms with Crippen LogP contribution in [0.4, 0.5) is 5.69 Å². The van der Waals surface area contributed by atoms with Gasteiger partial charge in [-0.3, -0.25) is 0 Å². The molecule has 1 aromatic heterocycles. The van der Waals surface area contributed by atoms with Crippen molar-refractivity contribution >= 4 is 5.69 Å². The molecule has 2 aromatic rings. The summed E-state index contributed by atoms with van der Waals surface area (Å²) >= 11 is 0. The van der Waals surface area contributed by atoms with Gasteiger partial charge in [0.2, 0.25) is 0 Å². The zero-order valence-electron chi connectivity index (χ0n) is 11.4. The van der Waals surface area contributed by atoms with Gasteiger partial charge < -0.3 is 14.6 Å². The first-order chi connectivity index (χ1) is 9.24. The van der Waals surface area contributed by atoms with Crippen LogP contribution in [-0.2, 0) is 13.1 Å². The minimum Gasteiger partial charge on any atom is -0.448 e. The quantitative estimate of drug-likeness (QED) is 0.897. The van der Waals surface area contributed by atoms with E-state index in [1.165, 1.54) is 17.6 Å². The summed E-state index contributed by atoms with van der Waals surface area (Å²) in [5.74, 6) is 0.905. The van der Waals surface area contributed by atoms with Gasteiger partial charge in [0.25, 0.3) is 0 Å². The molecule has 0 saturated carbocycles. The van der Waals surface area contributed by atoms with Gasteiger partial charge in [-0.2, -0.15) is 0 Å². The largest absolute Gasteiger partial charge is 0.448 e. The van der Waals surface area contributed by atoms with Crippen LogP contribution in [0, 0.1) is 6.92 Å². The number of aromatic nitrogens is 1. The molecule has 1 atom stereocenters. The Balaban J connectivity index is 1.92. The number of anilines is 1. The minimum atomic E-state index is 0.458. The maximum Gasteiger partial charge on any atom is 0.181 e. The van der Waals surface area contributed by atoms with E-state index in [-0.39, 0.29) is 0 Å². The fourth-order valence-corrected chi connectivity index (χ4v) is 2.56. The highest BCUT2D eigenvalue weighted by atomic mass is 16.3. The highest BCUT2D eigenvalue weighted by Gasteiger charge is 2.20. The van der Waals surface area contributed by atoms with Crippen molar-refractivity contribution in [1.29, 1.82) is 0 Å². The molecule has 0 amide bonds. The fourth-order valence-electron chi connectivity index (χ4n) is 2.56. The summed E-state index contributed by atoms with van der Waals surface area (Å²) in [6.45, 7) is 6.88. The Labute approximate surface area is 113 Å². The topological polar surface area (TPSA) is 41.3 Å². The van der Waals surface area contributed by atoms with Crippen LogP contribution in [0.25, 0.3) is 0 Å². The molecule has 1 aliphatic heterocycles. The summed E-state index contributed by atoms with van der Waals surface area (Å²) in [7, 11) is 0. The van der Waals surface area contributed by atoms with Gasteiger partial charge in [0.1, 0.15) is 11.5 Å². The third kappa shape index (κ3) is 2.49. The van der Waals surface area contributed by atoms with E-state index in [9.17, 15) is 0 Å². The average molecular weight is 257 g/mol. The maximum atomic E-state index is 5.30. The standard InChI is InChI=1S/C15H19N3O/c1-11-8-18(9-14-12(2)19-10-17-14)15-6-4-3-5-13(15)7-16-11/h3-6,10-11,16H,7-9H2,1-2H3. The number of fused-ring (bicyclic) bond motifs is 1. The van der Waals surface area contributed by atoms with Crippen LogP contribution >= 0.6 is 0 Å². The van der Waals surface area contributed by atoms with E-state index in [1.807, 2.05) is 6.92 Å². The van der Waals surface area contributed by atoms with Gasteiger partial charge in [-0.15, -0.1) is 0 Å². The molecule has 0 fully saturated rings. The van der Waals surface area contributed by atoms with Crippen LogP contribution in [-0.4, -0.2) is 17.6 Å². The molecule has 19 heavy (non-hydrogen) atoms. The lowest BCUT2D eigenvalue weighted by Crippen LogP contribution is -2.35. The molecule has 0 saturated heterocycles. The zero-order valence-corrected chi connectivity index (χ0v) is 11.4. The van der Waals surface area contributed by atoms with Crippen molar-refractivity contribution in [3.8, 4) is 0 Å². The summed E-state index contributed by atoms with van der Waals surface area (Å²) in [6, 6.07) is 9.01. The van der Waals surface area contributed by atoms with Gasteiger partial charge in [0.15, 0.2) is 6.39 Å². The Kier molecular flexibility index (Phi) is 3.25. The molecule has 1 N–H and O–H groups in total. The summed E-state index contributed by atoms with van der Waals surface area (Å²) < 4.78 is 5.30. The number of oxazole rings is 1. The second-order valence-electron chi connectivity index (χ2n) is 5.15. The van der Waals surface area contributed by atoms with E-state index in [2.05, 4.69) is 46.4 Å². The van der Waals surface area contributed by atoms with E-state index in [4.69, 9.17) is 4.42 Å². The Morgan fingerprint density at radius 3 is 3.05 bits per heavy atom.